The van der Waals surface area contributed by atoms with Crippen molar-refractivity contribution in [2.75, 3.05) is 34.5 Å². The zero-order chi connectivity index (χ0) is 20.6. The third-order valence-electron chi connectivity index (χ3n) is 4.89. The van der Waals surface area contributed by atoms with Crippen LogP contribution in [0.15, 0.2) is 41.3 Å². The van der Waals surface area contributed by atoms with Crippen molar-refractivity contribution < 1.29 is 26.3 Å². The van der Waals surface area contributed by atoms with E-state index in [1.807, 2.05) is 0 Å². The molecule has 0 amide bonds. The summed E-state index contributed by atoms with van der Waals surface area (Å²) < 4.78 is 65.6. The van der Waals surface area contributed by atoms with Crippen molar-refractivity contribution in [1.82, 2.24) is 0 Å². The first-order valence-corrected chi connectivity index (χ1v) is 12.4. The van der Waals surface area contributed by atoms with E-state index in [-0.39, 0.29) is 10.6 Å². The number of fused-ring (bicyclic) bond motifs is 1. The molecule has 0 unspecified atom stereocenters. The molecule has 1 saturated heterocycles. The Balaban J connectivity index is 1.66. The summed E-state index contributed by atoms with van der Waals surface area (Å²) in [6.07, 6.45) is 1.35. The van der Waals surface area contributed by atoms with E-state index in [1.54, 1.807) is 37.3 Å². The third kappa shape index (κ3) is 3.99. The molecule has 4 rings (SSSR count). The lowest BCUT2D eigenvalue weighted by molar-refractivity contribution is 0.171. The van der Waals surface area contributed by atoms with Crippen LogP contribution in [0.25, 0.3) is 0 Å². The van der Waals surface area contributed by atoms with Crippen LogP contribution >= 0.6 is 0 Å². The molecule has 0 spiro atoms. The quantitative estimate of drug-likeness (QED) is 0.787. The molecule has 1 N–H and O–H groups in total. The second-order valence-corrected chi connectivity index (χ2v) is 10.7. The SMILES string of the molecule is Cc1ccc(N2CCCCS2(=O)=O)cc1S(=O)(=O)Nc1ccc2c(c1)OCCO2. The molecule has 8 nitrogen and oxygen atoms in total. The first-order chi connectivity index (χ1) is 13.8. The van der Waals surface area contributed by atoms with Gasteiger partial charge in [-0.15, -0.1) is 0 Å². The zero-order valence-corrected chi connectivity index (χ0v) is 17.6. The van der Waals surface area contributed by atoms with Crippen LogP contribution in [0.5, 0.6) is 11.5 Å². The van der Waals surface area contributed by atoms with Crippen LogP contribution in [0.2, 0.25) is 0 Å². The van der Waals surface area contributed by atoms with Crippen LogP contribution in [0.3, 0.4) is 0 Å². The first kappa shape index (κ1) is 19.8. The first-order valence-electron chi connectivity index (χ1n) is 9.30. The topological polar surface area (TPSA) is 102 Å². The van der Waals surface area contributed by atoms with E-state index in [0.717, 1.165) is 6.42 Å². The number of benzene rings is 2. The zero-order valence-electron chi connectivity index (χ0n) is 15.9. The van der Waals surface area contributed by atoms with Gasteiger partial charge in [-0.1, -0.05) is 6.07 Å². The molecule has 2 aliphatic heterocycles. The minimum absolute atomic E-state index is 0.0330. The highest BCUT2D eigenvalue weighted by Gasteiger charge is 2.28. The average molecular weight is 439 g/mol. The average Bonchev–Trinajstić information content (AvgIpc) is 2.68. The molecule has 156 valence electrons. The van der Waals surface area contributed by atoms with Crippen molar-refractivity contribution in [3.63, 3.8) is 0 Å². The molecule has 1 fully saturated rings. The van der Waals surface area contributed by atoms with Gasteiger partial charge in [-0.25, -0.2) is 16.8 Å². The van der Waals surface area contributed by atoms with Gasteiger partial charge in [0.15, 0.2) is 11.5 Å². The normalized spacial score (nSPS) is 18.3. The molecule has 29 heavy (non-hydrogen) atoms. The Labute approximate surface area is 170 Å². The largest absolute Gasteiger partial charge is 0.486 e. The molecule has 2 aliphatic rings. The summed E-state index contributed by atoms with van der Waals surface area (Å²) in [7, 11) is -7.37. The van der Waals surface area contributed by atoms with Gasteiger partial charge in [0.05, 0.1) is 22.0 Å². The number of nitrogens with one attached hydrogen (secondary N) is 1. The Morgan fingerprint density at radius 1 is 1.00 bits per heavy atom. The van der Waals surface area contributed by atoms with Crippen molar-refractivity contribution in [3.8, 4) is 11.5 Å². The summed E-state index contributed by atoms with van der Waals surface area (Å²) in [5.74, 6) is 1.10. The maximum Gasteiger partial charge on any atom is 0.262 e. The summed E-state index contributed by atoms with van der Waals surface area (Å²) >= 11 is 0. The maximum atomic E-state index is 13.0. The van der Waals surface area contributed by atoms with Gasteiger partial charge < -0.3 is 9.47 Å². The van der Waals surface area contributed by atoms with E-state index in [1.165, 1.54) is 10.4 Å². The van der Waals surface area contributed by atoms with Gasteiger partial charge in [0.2, 0.25) is 10.0 Å². The van der Waals surface area contributed by atoms with E-state index in [4.69, 9.17) is 9.47 Å². The summed E-state index contributed by atoms with van der Waals surface area (Å²) in [5.41, 5.74) is 1.22. The highest BCUT2D eigenvalue weighted by atomic mass is 32.2. The molecule has 10 heteroatoms. The van der Waals surface area contributed by atoms with Crippen molar-refractivity contribution in [2.24, 2.45) is 0 Å². The van der Waals surface area contributed by atoms with Crippen molar-refractivity contribution >= 4 is 31.4 Å². The fraction of sp³-hybridized carbons (Fsp3) is 0.368. The highest BCUT2D eigenvalue weighted by Crippen LogP contribution is 2.34. The summed E-state index contributed by atoms with van der Waals surface area (Å²) in [5, 5.41) is 0. The number of sulfonamides is 2. The minimum atomic E-state index is -3.94. The second kappa shape index (κ2) is 7.42. The van der Waals surface area contributed by atoms with Gasteiger partial charge in [0.25, 0.3) is 10.0 Å². The van der Waals surface area contributed by atoms with Crippen molar-refractivity contribution in [2.45, 2.75) is 24.7 Å². The predicted octanol–water partition coefficient (Wildman–Crippen LogP) is 2.50. The standard InChI is InChI=1S/C19H22N2O6S2/c1-14-4-6-16(21-8-2-3-11-28(21,22)23)13-19(14)29(24,25)20-15-5-7-17-18(12-15)27-10-9-26-17/h4-7,12-13,20H,2-3,8-11H2,1H3. The number of aryl methyl sites for hydroxylation is 1. The lowest BCUT2D eigenvalue weighted by atomic mass is 10.2. The Hall–Kier alpha value is -2.46. The van der Waals surface area contributed by atoms with E-state index >= 15 is 0 Å². The smallest absolute Gasteiger partial charge is 0.262 e. The molecule has 0 aromatic heterocycles. The van der Waals surface area contributed by atoms with Gasteiger partial charge >= 0.3 is 0 Å². The highest BCUT2D eigenvalue weighted by molar-refractivity contribution is 7.93. The molecule has 0 atom stereocenters. The minimum Gasteiger partial charge on any atom is -0.486 e. The van der Waals surface area contributed by atoms with E-state index in [0.29, 0.717) is 54.6 Å². The molecule has 2 aromatic carbocycles. The van der Waals surface area contributed by atoms with E-state index in [9.17, 15) is 16.8 Å². The van der Waals surface area contributed by atoms with Crippen LogP contribution in [0, 0.1) is 6.92 Å². The maximum absolute atomic E-state index is 13.0. The second-order valence-electron chi connectivity index (χ2n) is 7.01. The number of ether oxygens (including phenoxy) is 2. The lowest BCUT2D eigenvalue weighted by Crippen LogP contribution is -2.38. The monoisotopic (exact) mass is 438 g/mol. The molecular weight excluding hydrogens is 416 g/mol. The molecule has 0 radical (unpaired) electrons. The number of rotatable bonds is 4. The summed E-state index contributed by atoms with van der Waals surface area (Å²) in [6, 6.07) is 9.49. The van der Waals surface area contributed by atoms with Crippen LogP contribution in [0.1, 0.15) is 18.4 Å². The van der Waals surface area contributed by atoms with Gasteiger partial charge in [-0.3, -0.25) is 9.03 Å². The number of hydrogen-bond donors (Lipinski definition) is 1. The lowest BCUT2D eigenvalue weighted by Gasteiger charge is -2.28. The summed E-state index contributed by atoms with van der Waals surface area (Å²) in [6.45, 7) is 2.87. The van der Waals surface area contributed by atoms with Gasteiger partial charge in [0.1, 0.15) is 13.2 Å². The molecule has 0 bridgehead atoms. The fourth-order valence-corrected chi connectivity index (χ4v) is 6.38. The Bertz CT molecular complexity index is 1150. The fourth-order valence-electron chi connectivity index (χ4n) is 3.43. The van der Waals surface area contributed by atoms with E-state index in [2.05, 4.69) is 4.72 Å². The molecular formula is C19H22N2O6S2. The van der Waals surface area contributed by atoms with Crippen molar-refractivity contribution in [3.05, 3.63) is 42.0 Å². The van der Waals surface area contributed by atoms with E-state index < -0.39 is 20.0 Å². The molecule has 2 aromatic rings. The van der Waals surface area contributed by atoms with Gasteiger partial charge in [0, 0.05) is 12.6 Å². The van der Waals surface area contributed by atoms with Crippen LogP contribution < -0.4 is 18.5 Å². The van der Waals surface area contributed by atoms with Gasteiger partial charge in [-0.05, 0) is 49.6 Å². The number of anilines is 2. The van der Waals surface area contributed by atoms with Crippen LogP contribution in [-0.4, -0.2) is 42.3 Å². The summed E-state index contributed by atoms with van der Waals surface area (Å²) in [4.78, 5) is 0.0330. The predicted molar refractivity (Wildman–Crippen MR) is 110 cm³/mol. The Morgan fingerprint density at radius 2 is 1.76 bits per heavy atom. The molecule has 0 saturated carbocycles. The Kier molecular flexibility index (Phi) is 5.07. The third-order valence-corrected chi connectivity index (χ3v) is 8.29. The number of nitrogens with zero attached hydrogens (tertiary/aromatic N) is 1. The Morgan fingerprint density at radius 3 is 2.52 bits per heavy atom. The van der Waals surface area contributed by atoms with Crippen LogP contribution in [0.4, 0.5) is 11.4 Å². The number of hydrogen-bond acceptors (Lipinski definition) is 6. The van der Waals surface area contributed by atoms with Gasteiger partial charge in [-0.2, -0.15) is 0 Å². The molecule has 0 aliphatic carbocycles. The van der Waals surface area contributed by atoms with Crippen molar-refractivity contribution in [1.29, 1.82) is 0 Å². The molecule has 2 heterocycles. The van der Waals surface area contributed by atoms with Crippen LogP contribution in [-0.2, 0) is 20.0 Å².